The van der Waals surface area contributed by atoms with Crippen LogP contribution in [0, 0.1) is 0 Å². The summed E-state index contributed by atoms with van der Waals surface area (Å²) in [6.45, 7) is 5.63. The van der Waals surface area contributed by atoms with Crippen molar-refractivity contribution >= 4 is 23.7 Å². The van der Waals surface area contributed by atoms with Gasteiger partial charge in [0.15, 0.2) is 0 Å². The Morgan fingerprint density at radius 1 is 1.29 bits per heavy atom. The molecule has 0 unspecified atom stereocenters. The second kappa shape index (κ2) is 8.17. The van der Waals surface area contributed by atoms with Crippen molar-refractivity contribution in [2.45, 2.75) is 30.9 Å². The molecule has 0 bridgehead atoms. The van der Waals surface area contributed by atoms with E-state index in [0.717, 1.165) is 12.8 Å². The van der Waals surface area contributed by atoms with Gasteiger partial charge in [-0.2, -0.15) is 0 Å². The number of carbonyl (C=O) groups excluding carboxylic acids is 2. The lowest BCUT2D eigenvalue weighted by Gasteiger charge is -2.26. The molecule has 0 N–H and O–H groups in total. The third kappa shape index (κ3) is 4.07. The standard InChI is InChI=1S/C12H20O4S/c1-5-7-9-17-12(8-6-2,10(13)15-3)11(14)16-4/h6H,2,5,7-9H2,1,3-4H3. The molecule has 0 saturated heterocycles. The maximum Gasteiger partial charge on any atom is 0.333 e. The zero-order valence-electron chi connectivity index (χ0n) is 10.7. The van der Waals surface area contributed by atoms with Gasteiger partial charge in [0.05, 0.1) is 14.2 Å². The van der Waals surface area contributed by atoms with Crippen molar-refractivity contribution in [1.29, 1.82) is 0 Å². The van der Waals surface area contributed by atoms with Gasteiger partial charge in [0.1, 0.15) is 0 Å². The number of esters is 2. The maximum atomic E-state index is 11.8. The molecule has 0 rings (SSSR count). The average Bonchev–Trinajstić information content (AvgIpc) is 2.35. The van der Waals surface area contributed by atoms with Crippen molar-refractivity contribution in [3.63, 3.8) is 0 Å². The van der Waals surface area contributed by atoms with Gasteiger partial charge in [-0.1, -0.05) is 19.4 Å². The zero-order valence-corrected chi connectivity index (χ0v) is 11.5. The Kier molecular flexibility index (Phi) is 7.70. The first-order valence-corrected chi connectivity index (χ1v) is 6.49. The van der Waals surface area contributed by atoms with Gasteiger partial charge in [-0.25, -0.2) is 9.59 Å². The summed E-state index contributed by atoms with van der Waals surface area (Å²) >= 11 is 1.26. The van der Waals surface area contributed by atoms with Crippen molar-refractivity contribution < 1.29 is 19.1 Å². The van der Waals surface area contributed by atoms with E-state index in [9.17, 15) is 9.59 Å². The quantitative estimate of drug-likeness (QED) is 0.290. The number of unbranched alkanes of at least 4 members (excludes halogenated alkanes) is 1. The molecule has 0 amide bonds. The Labute approximate surface area is 107 Å². The first-order valence-electron chi connectivity index (χ1n) is 5.50. The second-order valence-corrected chi connectivity index (χ2v) is 4.90. The van der Waals surface area contributed by atoms with Crippen LogP contribution in [0.5, 0.6) is 0 Å². The summed E-state index contributed by atoms with van der Waals surface area (Å²) in [7, 11) is 2.53. The van der Waals surface area contributed by atoms with Crippen LogP contribution in [0.25, 0.3) is 0 Å². The Morgan fingerprint density at radius 2 is 1.82 bits per heavy atom. The molecule has 4 nitrogen and oxygen atoms in total. The lowest BCUT2D eigenvalue weighted by Crippen LogP contribution is -2.45. The van der Waals surface area contributed by atoms with E-state index in [2.05, 4.69) is 6.58 Å². The summed E-state index contributed by atoms with van der Waals surface area (Å²) in [5, 5.41) is 0. The van der Waals surface area contributed by atoms with E-state index in [1.54, 1.807) is 0 Å². The summed E-state index contributed by atoms with van der Waals surface area (Å²) in [4.78, 5) is 23.7. The predicted molar refractivity (Wildman–Crippen MR) is 68.9 cm³/mol. The van der Waals surface area contributed by atoms with Gasteiger partial charge in [-0.3, -0.25) is 0 Å². The predicted octanol–water partition coefficient (Wildman–Crippen LogP) is 2.18. The van der Waals surface area contributed by atoms with Crippen LogP contribution in [0.15, 0.2) is 12.7 Å². The third-order valence-electron chi connectivity index (χ3n) is 2.31. The normalized spacial score (nSPS) is 10.8. The molecule has 0 fully saturated rings. The number of methoxy groups -OCH3 is 2. The summed E-state index contributed by atoms with van der Waals surface area (Å²) in [5.41, 5.74) is 0. The summed E-state index contributed by atoms with van der Waals surface area (Å²) in [5.74, 6) is -0.454. The molecule has 0 saturated carbocycles. The van der Waals surface area contributed by atoms with Gasteiger partial charge in [0, 0.05) is 6.42 Å². The number of allylic oxidation sites excluding steroid dienone is 1. The summed E-state index contributed by atoms with van der Waals surface area (Å²) in [6.07, 6.45) is 3.67. The molecule has 0 aliphatic carbocycles. The van der Waals surface area contributed by atoms with Crippen molar-refractivity contribution in [2.75, 3.05) is 20.0 Å². The van der Waals surface area contributed by atoms with Crippen molar-refractivity contribution in [2.24, 2.45) is 0 Å². The Morgan fingerprint density at radius 3 is 2.18 bits per heavy atom. The molecule has 0 aliphatic heterocycles. The first-order chi connectivity index (χ1) is 8.08. The highest BCUT2D eigenvalue weighted by atomic mass is 32.2. The van der Waals surface area contributed by atoms with Gasteiger partial charge < -0.3 is 9.47 Å². The Bertz CT molecular complexity index is 260. The molecular formula is C12H20O4S. The van der Waals surface area contributed by atoms with E-state index < -0.39 is 16.7 Å². The minimum atomic E-state index is -1.31. The lowest BCUT2D eigenvalue weighted by molar-refractivity contribution is -0.155. The number of ether oxygens (including phenoxy) is 2. The Hall–Kier alpha value is -0.970. The van der Waals surface area contributed by atoms with Crippen molar-refractivity contribution in [3.05, 3.63) is 12.7 Å². The molecule has 0 heterocycles. The largest absolute Gasteiger partial charge is 0.468 e. The molecule has 5 heteroatoms. The third-order valence-corrected chi connectivity index (χ3v) is 3.79. The van der Waals surface area contributed by atoms with E-state index in [4.69, 9.17) is 9.47 Å². The molecular weight excluding hydrogens is 240 g/mol. The molecule has 0 radical (unpaired) electrons. The summed E-state index contributed by atoms with van der Waals surface area (Å²) < 4.78 is 8.12. The van der Waals surface area contributed by atoms with Crippen LogP contribution in [0.1, 0.15) is 26.2 Å². The minimum absolute atomic E-state index is 0.209. The van der Waals surface area contributed by atoms with Crippen LogP contribution in [-0.4, -0.2) is 36.7 Å². The van der Waals surface area contributed by atoms with Gasteiger partial charge >= 0.3 is 11.9 Å². The number of rotatable bonds is 8. The first kappa shape index (κ1) is 16.0. The molecule has 0 aromatic carbocycles. The highest BCUT2D eigenvalue weighted by molar-refractivity contribution is 8.02. The second-order valence-electron chi connectivity index (χ2n) is 3.50. The van der Waals surface area contributed by atoms with Crippen LogP contribution >= 0.6 is 11.8 Å². The van der Waals surface area contributed by atoms with Crippen molar-refractivity contribution in [3.8, 4) is 0 Å². The van der Waals surface area contributed by atoms with E-state index in [-0.39, 0.29) is 6.42 Å². The van der Waals surface area contributed by atoms with Crippen LogP contribution < -0.4 is 0 Å². The molecule has 0 aromatic rings. The van der Waals surface area contributed by atoms with Gasteiger partial charge in [-0.05, 0) is 12.2 Å². The molecule has 0 spiro atoms. The maximum absolute atomic E-state index is 11.8. The number of hydrogen-bond acceptors (Lipinski definition) is 5. The monoisotopic (exact) mass is 260 g/mol. The van der Waals surface area contributed by atoms with E-state index in [0.29, 0.717) is 5.75 Å². The highest BCUT2D eigenvalue weighted by Crippen LogP contribution is 2.33. The highest BCUT2D eigenvalue weighted by Gasteiger charge is 2.47. The van der Waals surface area contributed by atoms with E-state index >= 15 is 0 Å². The number of carbonyl (C=O) groups is 2. The van der Waals surface area contributed by atoms with Gasteiger partial charge in [0.25, 0.3) is 0 Å². The molecule has 17 heavy (non-hydrogen) atoms. The lowest BCUT2D eigenvalue weighted by atomic mass is 10.1. The fourth-order valence-corrected chi connectivity index (χ4v) is 2.77. The van der Waals surface area contributed by atoms with Crippen LogP contribution in [-0.2, 0) is 19.1 Å². The van der Waals surface area contributed by atoms with Gasteiger partial charge in [-0.15, -0.1) is 18.3 Å². The fourth-order valence-electron chi connectivity index (χ4n) is 1.35. The number of thioether (sulfide) groups is 1. The summed E-state index contributed by atoms with van der Waals surface area (Å²) in [6, 6.07) is 0. The Balaban J connectivity index is 5.01. The topological polar surface area (TPSA) is 52.6 Å². The van der Waals surface area contributed by atoms with Crippen LogP contribution in [0.4, 0.5) is 0 Å². The number of hydrogen-bond donors (Lipinski definition) is 0. The van der Waals surface area contributed by atoms with Crippen LogP contribution in [0.2, 0.25) is 0 Å². The molecule has 0 aromatic heterocycles. The van der Waals surface area contributed by atoms with Crippen molar-refractivity contribution in [1.82, 2.24) is 0 Å². The average molecular weight is 260 g/mol. The zero-order chi connectivity index (χ0) is 13.3. The molecule has 0 atom stereocenters. The minimum Gasteiger partial charge on any atom is -0.468 e. The van der Waals surface area contributed by atoms with Gasteiger partial charge in [0.2, 0.25) is 4.75 Å². The molecule has 98 valence electrons. The molecule has 0 aliphatic rings. The van der Waals surface area contributed by atoms with E-state index in [1.807, 2.05) is 6.92 Å². The van der Waals surface area contributed by atoms with E-state index in [1.165, 1.54) is 32.1 Å². The van der Waals surface area contributed by atoms with Crippen LogP contribution in [0.3, 0.4) is 0 Å². The SMILES string of the molecule is C=CCC(SCCCC)(C(=O)OC)C(=O)OC. The smallest absolute Gasteiger partial charge is 0.333 e. The fraction of sp³-hybridized carbons (Fsp3) is 0.667.